The van der Waals surface area contributed by atoms with Crippen molar-refractivity contribution in [2.45, 2.75) is 57.2 Å². The second-order valence-corrected chi connectivity index (χ2v) is 7.57. The second-order valence-electron chi connectivity index (χ2n) is 7.57. The molecule has 0 heterocycles. The largest absolute Gasteiger partial charge is 0.469 e. The number of rotatable bonds is 11. The Morgan fingerprint density at radius 3 is 2.76 bits per heavy atom. The number of carbonyl (C=O) groups is 2. The molecule has 5 nitrogen and oxygen atoms in total. The summed E-state index contributed by atoms with van der Waals surface area (Å²) in [7, 11) is 1.38. The van der Waals surface area contributed by atoms with E-state index >= 15 is 0 Å². The van der Waals surface area contributed by atoms with E-state index in [4.69, 9.17) is 0 Å². The lowest BCUT2D eigenvalue weighted by atomic mass is 9.90. The van der Waals surface area contributed by atoms with Crippen molar-refractivity contribution in [3.8, 4) is 0 Å². The molecule has 1 aromatic carbocycles. The summed E-state index contributed by atoms with van der Waals surface area (Å²) in [5.41, 5.74) is 1.17. The molecule has 0 saturated heterocycles. The normalized spacial score (nSPS) is 23.1. The highest BCUT2D eigenvalue weighted by molar-refractivity contribution is 5.84. The Kier molecular flexibility index (Phi) is 9.81. The van der Waals surface area contributed by atoms with Crippen LogP contribution in [0, 0.1) is 11.8 Å². The van der Waals surface area contributed by atoms with Gasteiger partial charge < -0.3 is 14.9 Å². The molecular formula is C24H32O5. The van der Waals surface area contributed by atoms with Crippen LogP contribution in [0.4, 0.5) is 0 Å². The van der Waals surface area contributed by atoms with E-state index < -0.39 is 12.2 Å². The number of ether oxygens (including phenoxy) is 1. The number of carbonyl (C=O) groups excluding carboxylic acids is 2. The van der Waals surface area contributed by atoms with Crippen molar-refractivity contribution in [2.75, 3.05) is 7.11 Å². The Labute approximate surface area is 173 Å². The van der Waals surface area contributed by atoms with E-state index in [9.17, 15) is 19.8 Å². The van der Waals surface area contributed by atoms with Crippen molar-refractivity contribution < 1.29 is 24.5 Å². The van der Waals surface area contributed by atoms with Gasteiger partial charge in [0.2, 0.25) is 0 Å². The van der Waals surface area contributed by atoms with Gasteiger partial charge in [0.25, 0.3) is 0 Å². The zero-order chi connectivity index (χ0) is 21.1. The minimum Gasteiger partial charge on any atom is -0.469 e. The van der Waals surface area contributed by atoms with E-state index in [0.29, 0.717) is 25.7 Å². The fourth-order valence-corrected chi connectivity index (χ4v) is 3.67. The van der Waals surface area contributed by atoms with Crippen LogP contribution in [-0.4, -0.2) is 41.3 Å². The van der Waals surface area contributed by atoms with Crippen molar-refractivity contribution in [1.29, 1.82) is 0 Å². The SMILES string of the molecule is COC(=O)CCCC=CCC1C(=O)CC(O)C1C=CC(O)CCc1ccccc1. The van der Waals surface area contributed by atoms with Gasteiger partial charge in [-0.2, -0.15) is 0 Å². The highest BCUT2D eigenvalue weighted by atomic mass is 16.5. The molecule has 0 aliphatic heterocycles. The van der Waals surface area contributed by atoms with Crippen molar-refractivity contribution in [1.82, 2.24) is 0 Å². The number of unbranched alkanes of at least 4 members (excludes halogenated alkanes) is 1. The van der Waals surface area contributed by atoms with Gasteiger partial charge in [-0.25, -0.2) is 0 Å². The van der Waals surface area contributed by atoms with Crippen LogP contribution in [0.25, 0.3) is 0 Å². The molecule has 4 atom stereocenters. The Bertz CT molecular complexity index is 694. The first kappa shape index (κ1) is 23.0. The zero-order valence-corrected chi connectivity index (χ0v) is 17.1. The Balaban J connectivity index is 1.81. The molecular weight excluding hydrogens is 368 g/mol. The van der Waals surface area contributed by atoms with Crippen LogP contribution in [0.1, 0.15) is 44.1 Å². The molecule has 4 unspecified atom stereocenters. The van der Waals surface area contributed by atoms with E-state index in [1.54, 1.807) is 12.2 Å². The number of aryl methyl sites for hydroxylation is 1. The molecule has 0 aromatic heterocycles. The van der Waals surface area contributed by atoms with Crippen LogP contribution in [0.3, 0.4) is 0 Å². The summed E-state index contributed by atoms with van der Waals surface area (Å²) >= 11 is 0. The highest BCUT2D eigenvalue weighted by Gasteiger charge is 2.39. The first-order chi connectivity index (χ1) is 14.0. The third kappa shape index (κ3) is 7.95. The summed E-state index contributed by atoms with van der Waals surface area (Å²) in [6.45, 7) is 0. The minimum absolute atomic E-state index is 0.0603. The van der Waals surface area contributed by atoms with Crippen LogP contribution in [0.2, 0.25) is 0 Å². The van der Waals surface area contributed by atoms with Crippen LogP contribution in [0.5, 0.6) is 0 Å². The number of hydrogen-bond acceptors (Lipinski definition) is 5. The summed E-state index contributed by atoms with van der Waals surface area (Å²) in [5, 5.41) is 20.5. The summed E-state index contributed by atoms with van der Waals surface area (Å²) in [6.07, 6.45) is 10.1. The number of Topliss-reactive ketones (excluding diaryl/α,β-unsaturated/α-hetero) is 1. The van der Waals surface area contributed by atoms with Gasteiger partial charge in [-0.1, -0.05) is 54.6 Å². The van der Waals surface area contributed by atoms with Gasteiger partial charge in [0.15, 0.2) is 0 Å². The first-order valence-corrected chi connectivity index (χ1v) is 10.3. The molecule has 1 aliphatic rings. The van der Waals surface area contributed by atoms with Crippen molar-refractivity contribution in [2.24, 2.45) is 11.8 Å². The summed E-state index contributed by atoms with van der Waals surface area (Å²) in [5.74, 6) is -0.693. The van der Waals surface area contributed by atoms with Crippen LogP contribution >= 0.6 is 0 Å². The molecule has 158 valence electrons. The van der Waals surface area contributed by atoms with E-state index in [1.165, 1.54) is 12.7 Å². The van der Waals surface area contributed by atoms with Crippen LogP contribution < -0.4 is 0 Å². The lowest BCUT2D eigenvalue weighted by Gasteiger charge is -2.16. The van der Waals surface area contributed by atoms with Gasteiger partial charge >= 0.3 is 5.97 Å². The van der Waals surface area contributed by atoms with Gasteiger partial charge in [0.05, 0.1) is 19.3 Å². The Morgan fingerprint density at radius 2 is 2.03 bits per heavy atom. The lowest BCUT2D eigenvalue weighted by Crippen LogP contribution is -2.19. The van der Waals surface area contributed by atoms with E-state index in [1.807, 2.05) is 42.5 Å². The average Bonchev–Trinajstić information content (AvgIpc) is 3.00. The van der Waals surface area contributed by atoms with Crippen molar-refractivity contribution in [3.63, 3.8) is 0 Å². The number of ketones is 1. The maximum absolute atomic E-state index is 12.2. The van der Waals surface area contributed by atoms with E-state index in [0.717, 1.165) is 12.8 Å². The molecule has 1 fully saturated rings. The van der Waals surface area contributed by atoms with Crippen molar-refractivity contribution in [3.05, 3.63) is 60.2 Å². The first-order valence-electron chi connectivity index (χ1n) is 10.3. The summed E-state index contributed by atoms with van der Waals surface area (Å²) < 4.78 is 4.60. The number of hydrogen-bond donors (Lipinski definition) is 2. The molecule has 2 rings (SSSR count). The molecule has 5 heteroatoms. The monoisotopic (exact) mass is 400 g/mol. The maximum Gasteiger partial charge on any atom is 0.305 e. The predicted octanol–water partition coefficient (Wildman–Crippen LogP) is 3.39. The van der Waals surface area contributed by atoms with Crippen LogP contribution in [-0.2, 0) is 20.7 Å². The molecule has 1 saturated carbocycles. The third-order valence-electron chi connectivity index (χ3n) is 5.40. The number of esters is 1. The lowest BCUT2D eigenvalue weighted by molar-refractivity contribution is -0.140. The maximum atomic E-state index is 12.2. The molecule has 0 bridgehead atoms. The van der Waals surface area contributed by atoms with E-state index in [-0.39, 0.29) is 30.0 Å². The van der Waals surface area contributed by atoms with Gasteiger partial charge in [-0.3, -0.25) is 9.59 Å². The second kappa shape index (κ2) is 12.3. The molecule has 2 N–H and O–H groups in total. The fraction of sp³-hybridized carbons (Fsp3) is 0.500. The molecule has 1 aliphatic carbocycles. The summed E-state index contributed by atoms with van der Waals surface area (Å²) in [6, 6.07) is 9.98. The van der Waals surface area contributed by atoms with Gasteiger partial charge in [-0.05, 0) is 37.7 Å². The standard InChI is InChI=1S/C24H32O5/c1-29-24(28)12-8-3-2-7-11-20-21(23(27)17-22(20)26)16-15-19(25)14-13-18-9-5-4-6-10-18/h2,4-7,9-10,15-16,19-21,23,25,27H,3,8,11-14,17H2,1H3. The molecule has 0 spiro atoms. The Morgan fingerprint density at radius 1 is 1.28 bits per heavy atom. The van der Waals surface area contributed by atoms with Gasteiger partial charge in [0, 0.05) is 24.7 Å². The number of methoxy groups -OCH3 is 1. The molecule has 29 heavy (non-hydrogen) atoms. The third-order valence-corrected chi connectivity index (χ3v) is 5.40. The number of aliphatic hydroxyl groups is 2. The van der Waals surface area contributed by atoms with Gasteiger partial charge in [-0.15, -0.1) is 0 Å². The summed E-state index contributed by atoms with van der Waals surface area (Å²) in [4.78, 5) is 23.3. The number of aliphatic hydroxyl groups excluding tert-OH is 2. The Hall–Kier alpha value is -2.24. The predicted molar refractivity (Wildman–Crippen MR) is 112 cm³/mol. The topological polar surface area (TPSA) is 83.8 Å². The molecule has 0 amide bonds. The molecule has 0 radical (unpaired) electrons. The number of benzene rings is 1. The quantitative estimate of drug-likeness (QED) is 0.338. The van der Waals surface area contributed by atoms with Crippen LogP contribution in [0.15, 0.2) is 54.6 Å². The number of allylic oxidation sites excluding steroid dienone is 2. The highest BCUT2D eigenvalue weighted by Crippen LogP contribution is 2.33. The fourth-order valence-electron chi connectivity index (χ4n) is 3.67. The smallest absolute Gasteiger partial charge is 0.305 e. The van der Waals surface area contributed by atoms with Crippen molar-refractivity contribution >= 4 is 11.8 Å². The van der Waals surface area contributed by atoms with E-state index in [2.05, 4.69) is 4.74 Å². The average molecular weight is 401 g/mol. The van der Waals surface area contributed by atoms with Gasteiger partial charge in [0.1, 0.15) is 5.78 Å². The minimum atomic E-state index is -0.696. The zero-order valence-electron chi connectivity index (χ0n) is 17.1. The molecule has 1 aromatic rings.